The number of benzene rings is 2. The third-order valence-corrected chi connectivity index (χ3v) is 3.52. The Morgan fingerprint density at radius 2 is 1.67 bits per heavy atom. The summed E-state index contributed by atoms with van der Waals surface area (Å²) in [7, 11) is -1.14. The summed E-state index contributed by atoms with van der Waals surface area (Å²) in [6.07, 6.45) is 1.80. The van der Waals surface area contributed by atoms with E-state index in [0.29, 0.717) is 5.56 Å². The van der Waals surface area contributed by atoms with Crippen molar-refractivity contribution in [1.29, 1.82) is 5.26 Å². The van der Waals surface area contributed by atoms with Gasteiger partial charge in [0.2, 0.25) is 0 Å². The van der Waals surface area contributed by atoms with Crippen LogP contribution in [0.1, 0.15) is 11.1 Å². The minimum atomic E-state index is -1.14. The van der Waals surface area contributed by atoms with Gasteiger partial charge in [0.1, 0.15) is 0 Å². The smallest absolute Gasteiger partial charge is 0.0991 e. The van der Waals surface area contributed by atoms with E-state index in [-0.39, 0.29) is 0 Å². The molecule has 2 aromatic rings. The number of nitriles is 1. The van der Waals surface area contributed by atoms with Crippen molar-refractivity contribution < 1.29 is 4.21 Å². The largest absolute Gasteiger partial charge is 0.250 e. The molecule has 1 atom stereocenters. The molecular weight excluding hydrogens is 242 g/mol. The first kappa shape index (κ1) is 12.3. The van der Waals surface area contributed by atoms with Crippen LogP contribution in [0.3, 0.4) is 0 Å². The second-order valence-corrected chi connectivity index (χ2v) is 4.99. The molecule has 0 aliphatic heterocycles. The van der Waals surface area contributed by atoms with E-state index in [2.05, 4.69) is 6.07 Å². The van der Waals surface area contributed by atoms with Crippen LogP contribution in [-0.4, -0.2) is 4.21 Å². The topological polar surface area (TPSA) is 40.9 Å². The molecule has 0 aliphatic carbocycles. The molecule has 18 heavy (non-hydrogen) atoms. The zero-order valence-corrected chi connectivity index (χ0v) is 10.4. The highest BCUT2D eigenvalue weighted by molar-refractivity contribution is 7.88. The maximum atomic E-state index is 11.9. The van der Waals surface area contributed by atoms with E-state index in [4.69, 9.17) is 5.26 Å². The van der Waals surface area contributed by atoms with E-state index in [1.54, 1.807) is 23.6 Å². The van der Waals surface area contributed by atoms with Gasteiger partial charge in [0.25, 0.3) is 0 Å². The summed E-state index contributed by atoms with van der Waals surface area (Å²) in [5.41, 5.74) is 1.55. The van der Waals surface area contributed by atoms with Gasteiger partial charge in [-0.15, -0.1) is 0 Å². The molecule has 0 aromatic heterocycles. The van der Waals surface area contributed by atoms with Crippen molar-refractivity contribution in [3.8, 4) is 6.07 Å². The maximum Gasteiger partial charge on any atom is 0.0991 e. The van der Waals surface area contributed by atoms with Crippen molar-refractivity contribution in [3.05, 3.63) is 71.1 Å². The lowest BCUT2D eigenvalue weighted by molar-refractivity contribution is 0.688. The molecule has 2 rings (SSSR count). The van der Waals surface area contributed by atoms with Gasteiger partial charge in [-0.2, -0.15) is 5.26 Å². The van der Waals surface area contributed by atoms with E-state index in [9.17, 15) is 4.21 Å². The van der Waals surface area contributed by atoms with Gasteiger partial charge in [0, 0.05) is 10.3 Å². The van der Waals surface area contributed by atoms with Crippen molar-refractivity contribution in [1.82, 2.24) is 0 Å². The van der Waals surface area contributed by atoms with Crippen molar-refractivity contribution in [2.75, 3.05) is 0 Å². The summed E-state index contributed by atoms with van der Waals surface area (Å²) >= 11 is 0. The van der Waals surface area contributed by atoms with Crippen LogP contribution in [-0.2, 0) is 10.8 Å². The van der Waals surface area contributed by atoms with Crippen LogP contribution in [0.5, 0.6) is 0 Å². The van der Waals surface area contributed by atoms with Gasteiger partial charge in [-0.1, -0.05) is 30.3 Å². The molecule has 0 radical (unpaired) electrons. The van der Waals surface area contributed by atoms with E-state index < -0.39 is 10.8 Å². The number of hydrogen-bond donors (Lipinski definition) is 0. The number of nitrogens with zero attached hydrogens (tertiary/aromatic N) is 1. The van der Waals surface area contributed by atoms with Crippen LogP contribution in [0.2, 0.25) is 0 Å². The zero-order valence-electron chi connectivity index (χ0n) is 9.61. The molecule has 2 aromatic carbocycles. The highest BCUT2D eigenvalue weighted by Gasteiger charge is 1.97. The molecule has 88 valence electrons. The highest BCUT2D eigenvalue weighted by atomic mass is 32.2. The monoisotopic (exact) mass is 253 g/mol. The molecule has 0 heterocycles. The minimum absolute atomic E-state index is 0.622. The van der Waals surface area contributed by atoms with Crippen LogP contribution in [0.4, 0.5) is 0 Å². The quantitative estimate of drug-likeness (QED) is 0.841. The summed E-state index contributed by atoms with van der Waals surface area (Å²) in [4.78, 5) is 0.780. The highest BCUT2D eigenvalue weighted by Crippen LogP contribution is 2.10. The molecule has 0 fully saturated rings. The van der Waals surface area contributed by atoms with E-state index >= 15 is 0 Å². The Bertz CT molecular complexity index is 609. The first-order valence-electron chi connectivity index (χ1n) is 5.43. The fraction of sp³-hybridized carbons (Fsp3) is 0. The van der Waals surface area contributed by atoms with Gasteiger partial charge >= 0.3 is 0 Å². The molecule has 0 saturated carbocycles. The normalized spacial score (nSPS) is 12.2. The van der Waals surface area contributed by atoms with Gasteiger partial charge < -0.3 is 0 Å². The fourth-order valence-corrected chi connectivity index (χ4v) is 2.31. The summed E-state index contributed by atoms with van der Waals surface area (Å²) in [6, 6.07) is 18.5. The lowest BCUT2D eigenvalue weighted by atomic mass is 10.1. The molecule has 0 N–H and O–H groups in total. The lowest BCUT2D eigenvalue weighted by Gasteiger charge is -1.96. The van der Waals surface area contributed by atoms with Gasteiger partial charge in [-0.25, -0.2) is 4.21 Å². The van der Waals surface area contributed by atoms with E-state index in [1.807, 2.05) is 42.5 Å². The Morgan fingerprint density at radius 3 is 2.28 bits per heavy atom. The SMILES string of the molecule is N#Cc1ccc(/C=C/S(=O)c2ccccc2)cc1. The van der Waals surface area contributed by atoms with Gasteiger partial charge in [0.15, 0.2) is 0 Å². The predicted octanol–water partition coefficient (Wildman–Crippen LogP) is 3.34. The Kier molecular flexibility index (Phi) is 4.06. The molecule has 1 unspecified atom stereocenters. The van der Waals surface area contributed by atoms with Gasteiger partial charge in [-0.3, -0.25) is 0 Å². The molecule has 0 saturated heterocycles. The van der Waals surface area contributed by atoms with Crippen LogP contribution >= 0.6 is 0 Å². The lowest BCUT2D eigenvalue weighted by Crippen LogP contribution is -1.85. The van der Waals surface area contributed by atoms with Crippen LogP contribution in [0, 0.1) is 11.3 Å². The number of hydrogen-bond acceptors (Lipinski definition) is 2. The zero-order chi connectivity index (χ0) is 12.8. The molecule has 0 spiro atoms. The van der Waals surface area contributed by atoms with Crippen molar-refractivity contribution in [2.45, 2.75) is 4.90 Å². The van der Waals surface area contributed by atoms with Gasteiger partial charge in [0.05, 0.1) is 22.4 Å². The standard InChI is InChI=1S/C15H11NOS/c16-12-14-8-6-13(7-9-14)10-11-18(17)15-4-2-1-3-5-15/h1-11H/b11-10+. The average Bonchev–Trinajstić information content (AvgIpc) is 2.46. The molecule has 3 heteroatoms. The van der Waals surface area contributed by atoms with Gasteiger partial charge in [-0.05, 0) is 35.9 Å². The maximum absolute atomic E-state index is 11.9. The summed E-state index contributed by atoms with van der Waals surface area (Å²) in [5, 5.41) is 10.3. The number of rotatable bonds is 3. The van der Waals surface area contributed by atoms with Crippen LogP contribution in [0.15, 0.2) is 64.9 Å². The molecule has 0 bridgehead atoms. The summed E-state index contributed by atoms with van der Waals surface area (Å²) in [5.74, 6) is 0. The van der Waals surface area contributed by atoms with Crippen LogP contribution in [0.25, 0.3) is 6.08 Å². The Labute approximate surface area is 109 Å². The predicted molar refractivity (Wildman–Crippen MR) is 73.0 cm³/mol. The molecule has 0 aliphatic rings. The van der Waals surface area contributed by atoms with E-state index in [1.165, 1.54) is 0 Å². The Hall–Kier alpha value is -2.18. The van der Waals surface area contributed by atoms with Crippen LogP contribution < -0.4 is 0 Å². The average molecular weight is 253 g/mol. The van der Waals surface area contributed by atoms with Crippen molar-refractivity contribution in [3.63, 3.8) is 0 Å². The first-order chi connectivity index (χ1) is 8.79. The van der Waals surface area contributed by atoms with E-state index in [0.717, 1.165) is 10.5 Å². The summed E-state index contributed by atoms with van der Waals surface area (Å²) in [6.45, 7) is 0. The Morgan fingerprint density at radius 1 is 1.00 bits per heavy atom. The van der Waals surface area contributed by atoms with Crippen molar-refractivity contribution in [2.24, 2.45) is 0 Å². The second kappa shape index (κ2) is 5.95. The second-order valence-electron chi connectivity index (χ2n) is 3.65. The third-order valence-electron chi connectivity index (χ3n) is 2.40. The first-order valence-corrected chi connectivity index (χ1v) is 6.65. The molecule has 0 amide bonds. The third kappa shape index (κ3) is 3.16. The molecule has 2 nitrogen and oxygen atoms in total. The Balaban J connectivity index is 2.11. The van der Waals surface area contributed by atoms with Crippen molar-refractivity contribution >= 4 is 16.9 Å². The molecular formula is C15H11NOS. The summed E-state index contributed by atoms with van der Waals surface area (Å²) < 4.78 is 11.9. The minimum Gasteiger partial charge on any atom is -0.250 e. The fourth-order valence-electron chi connectivity index (χ4n) is 1.44.